The number of aromatic amines is 2. The van der Waals surface area contributed by atoms with Gasteiger partial charge in [0, 0.05) is 0 Å². The van der Waals surface area contributed by atoms with Crippen LogP contribution in [0.5, 0.6) is 0 Å². The molecule has 0 unspecified atom stereocenters. The number of aliphatic hydroxyl groups excluding tert-OH is 2. The standard InChI is InChI=1S/2C8H11N5O3.2H3O4P/c2*9-8-11-6-5(7(15)12-8)10-3-13(6)4-16-2-1-14;2*1-5(2,3)4/h2*3,14H,1-2,4H2,(H3,9,11,12,15);2*(H3,1,2,3,4). The minimum absolute atomic E-state index is 0.0291. The van der Waals surface area contributed by atoms with Crippen LogP contribution in [0.15, 0.2) is 22.2 Å². The van der Waals surface area contributed by atoms with E-state index in [1.54, 1.807) is 0 Å². The Morgan fingerprint density at radius 2 is 1.02 bits per heavy atom. The number of nitrogens with zero attached hydrogens (tertiary/aromatic N) is 6. The molecule has 26 heteroatoms. The summed E-state index contributed by atoms with van der Waals surface area (Å²) in [6.07, 6.45) is 2.87. The fourth-order valence-corrected chi connectivity index (χ4v) is 2.59. The van der Waals surface area contributed by atoms with Gasteiger partial charge < -0.3 is 60.5 Å². The highest BCUT2D eigenvalue weighted by atomic mass is 31.2. The first-order chi connectivity index (χ1) is 19.4. The molecule has 0 aliphatic heterocycles. The number of nitrogens with one attached hydrogen (secondary N) is 2. The van der Waals surface area contributed by atoms with Crippen LogP contribution < -0.4 is 22.6 Å². The molecular weight excluding hydrogens is 618 g/mol. The van der Waals surface area contributed by atoms with Crippen molar-refractivity contribution in [3.63, 3.8) is 0 Å². The van der Waals surface area contributed by atoms with Crippen molar-refractivity contribution in [3.8, 4) is 0 Å². The van der Waals surface area contributed by atoms with Gasteiger partial charge in [-0.2, -0.15) is 9.97 Å². The fraction of sp³-hybridized carbons (Fsp3) is 0.375. The molecule has 0 saturated heterocycles. The number of fused-ring (bicyclic) bond motifs is 2. The second-order valence-electron chi connectivity index (χ2n) is 7.22. The molecule has 4 aromatic rings. The molecule has 42 heavy (non-hydrogen) atoms. The number of nitrogens with two attached hydrogens (primary N) is 2. The van der Waals surface area contributed by atoms with Crippen molar-refractivity contribution in [3.05, 3.63) is 33.4 Å². The summed E-state index contributed by atoms with van der Waals surface area (Å²) in [6.45, 7) is 0.599. The van der Waals surface area contributed by atoms with Crippen LogP contribution in [-0.2, 0) is 32.1 Å². The first kappa shape index (κ1) is 36.4. The molecule has 0 aromatic carbocycles. The number of H-pyrrole nitrogens is 2. The lowest BCUT2D eigenvalue weighted by atomic mass is 10.5. The van der Waals surface area contributed by atoms with Gasteiger partial charge in [0.05, 0.1) is 39.1 Å². The summed E-state index contributed by atoms with van der Waals surface area (Å²) in [5.74, 6) is 0.0582. The van der Waals surface area contributed by atoms with E-state index in [4.69, 9.17) is 69.6 Å². The van der Waals surface area contributed by atoms with Crippen molar-refractivity contribution in [2.75, 3.05) is 37.9 Å². The number of imidazole rings is 2. The Labute approximate surface area is 232 Å². The molecule has 4 rings (SSSR count). The zero-order valence-corrected chi connectivity index (χ0v) is 22.9. The minimum Gasteiger partial charge on any atom is -0.394 e. The van der Waals surface area contributed by atoms with Crippen LogP contribution in [0.3, 0.4) is 0 Å². The molecule has 0 saturated carbocycles. The van der Waals surface area contributed by atoms with Crippen LogP contribution in [0.1, 0.15) is 0 Å². The highest BCUT2D eigenvalue weighted by molar-refractivity contribution is 7.45. The number of hydrogen-bond donors (Lipinski definition) is 12. The number of phosphoric acid groups is 2. The van der Waals surface area contributed by atoms with Gasteiger partial charge in [0.15, 0.2) is 22.3 Å². The molecule has 0 bridgehead atoms. The number of nitrogen functional groups attached to an aromatic ring is 2. The predicted octanol–water partition coefficient (Wildman–Crippen LogP) is -4.52. The minimum atomic E-state index is -4.64. The number of anilines is 2. The molecule has 4 aromatic heterocycles. The van der Waals surface area contributed by atoms with Gasteiger partial charge in [-0.05, 0) is 0 Å². The maximum atomic E-state index is 11.4. The van der Waals surface area contributed by atoms with Crippen LogP contribution in [0, 0.1) is 0 Å². The molecule has 0 aliphatic carbocycles. The molecule has 0 spiro atoms. The molecule has 0 amide bonds. The number of rotatable bonds is 8. The molecule has 0 radical (unpaired) electrons. The SMILES string of the molecule is Nc1nc2c(ncn2COCCO)c(=O)[nH]1.Nc1nc2c(ncn2COCCO)c(=O)[nH]1.O=P(O)(O)O.O=P(O)(O)O. The summed E-state index contributed by atoms with van der Waals surface area (Å²) in [5, 5.41) is 17.1. The summed E-state index contributed by atoms with van der Waals surface area (Å²) < 4.78 is 31.0. The lowest BCUT2D eigenvalue weighted by molar-refractivity contribution is 0.0499. The first-order valence-electron chi connectivity index (χ1n) is 10.8. The Hall–Kier alpha value is -3.64. The van der Waals surface area contributed by atoms with Crippen LogP contribution in [0.25, 0.3) is 22.3 Å². The van der Waals surface area contributed by atoms with Crippen LogP contribution in [0.4, 0.5) is 11.9 Å². The topological polar surface area (TPSA) is 394 Å². The zero-order valence-electron chi connectivity index (χ0n) is 21.2. The van der Waals surface area contributed by atoms with Gasteiger partial charge in [-0.15, -0.1) is 0 Å². The second-order valence-corrected chi connectivity index (χ2v) is 9.28. The monoisotopic (exact) mass is 646 g/mol. The highest BCUT2D eigenvalue weighted by Crippen LogP contribution is 2.26. The van der Waals surface area contributed by atoms with E-state index < -0.39 is 15.6 Å². The predicted molar refractivity (Wildman–Crippen MR) is 140 cm³/mol. The average Bonchev–Trinajstić information content (AvgIpc) is 3.42. The molecule has 4 heterocycles. The van der Waals surface area contributed by atoms with E-state index in [0.717, 1.165) is 0 Å². The summed E-state index contributed by atoms with van der Waals surface area (Å²) in [4.78, 5) is 86.3. The Kier molecular flexibility index (Phi) is 14.5. The Morgan fingerprint density at radius 1 is 0.714 bits per heavy atom. The molecular formula is C16H28N10O14P2. The van der Waals surface area contributed by atoms with Crippen molar-refractivity contribution in [2.24, 2.45) is 0 Å². The van der Waals surface area contributed by atoms with E-state index in [-0.39, 0.29) is 73.9 Å². The maximum absolute atomic E-state index is 11.4. The van der Waals surface area contributed by atoms with E-state index in [9.17, 15) is 9.59 Å². The lowest BCUT2D eigenvalue weighted by Crippen LogP contribution is -2.13. The van der Waals surface area contributed by atoms with Crippen molar-refractivity contribution in [1.29, 1.82) is 0 Å². The van der Waals surface area contributed by atoms with E-state index >= 15 is 0 Å². The van der Waals surface area contributed by atoms with E-state index in [2.05, 4.69) is 29.9 Å². The van der Waals surface area contributed by atoms with E-state index in [0.29, 0.717) is 11.3 Å². The van der Waals surface area contributed by atoms with Crippen molar-refractivity contribution < 1.29 is 58.2 Å². The summed E-state index contributed by atoms with van der Waals surface area (Å²) in [6, 6.07) is 0. The van der Waals surface area contributed by atoms with Crippen LogP contribution in [-0.4, -0.2) is 105 Å². The first-order valence-corrected chi connectivity index (χ1v) is 13.9. The third-order valence-electron chi connectivity index (χ3n) is 3.92. The van der Waals surface area contributed by atoms with Gasteiger partial charge >= 0.3 is 15.6 Å². The van der Waals surface area contributed by atoms with Gasteiger partial charge in [-0.3, -0.25) is 28.7 Å². The molecule has 0 fully saturated rings. The van der Waals surface area contributed by atoms with Crippen LogP contribution in [0.2, 0.25) is 0 Å². The van der Waals surface area contributed by atoms with Gasteiger partial charge in [-0.25, -0.2) is 19.1 Å². The molecule has 0 atom stereocenters. The number of aliphatic hydroxyl groups is 2. The number of hydrogen-bond acceptors (Lipinski definition) is 14. The normalized spacial score (nSPS) is 11.2. The third-order valence-corrected chi connectivity index (χ3v) is 3.92. The molecule has 14 N–H and O–H groups in total. The van der Waals surface area contributed by atoms with Gasteiger partial charge in [0.2, 0.25) is 11.9 Å². The average molecular weight is 646 g/mol. The maximum Gasteiger partial charge on any atom is 0.466 e. The second kappa shape index (κ2) is 16.7. The number of aromatic nitrogens is 8. The van der Waals surface area contributed by atoms with Gasteiger partial charge in [0.1, 0.15) is 13.5 Å². The van der Waals surface area contributed by atoms with Crippen molar-refractivity contribution in [2.45, 2.75) is 13.5 Å². The van der Waals surface area contributed by atoms with Crippen molar-refractivity contribution >= 4 is 49.9 Å². The van der Waals surface area contributed by atoms with Crippen LogP contribution >= 0.6 is 15.6 Å². The largest absolute Gasteiger partial charge is 0.466 e. The molecule has 0 aliphatic rings. The Bertz CT molecular complexity index is 1490. The molecule has 24 nitrogen and oxygen atoms in total. The quantitative estimate of drug-likeness (QED) is 0.0633. The van der Waals surface area contributed by atoms with E-state index in [1.807, 2.05) is 0 Å². The smallest absolute Gasteiger partial charge is 0.394 e. The third kappa shape index (κ3) is 14.3. The summed E-state index contributed by atoms with van der Waals surface area (Å²) >= 11 is 0. The van der Waals surface area contributed by atoms with E-state index in [1.165, 1.54) is 21.8 Å². The Balaban J connectivity index is 0.000000320. The summed E-state index contributed by atoms with van der Waals surface area (Å²) in [7, 11) is -9.28. The van der Waals surface area contributed by atoms with Gasteiger partial charge in [0.25, 0.3) is 11.1 Å². The van der Waals surface area contributed by atoms with Crippen molar-refractivity contribution in [1.82, 2.24) is 39.0 Å². The summed E-state index contributed by atoms with van der Waals surface area (Å²) in [5.41, 5.74) is 11.2. The number of ether oxygens (including phenoxy) is 2. The zero-order chi connectivity index (χ0) is 32.1. The lowest BCUT2D eigenvalue weighted by Gasteiger charge is -2.03. The highest BCUT2D eigenvalue weighted by Gasteiger charge is 2.09. The fourth-order valence-electron chi connectivity index (χ4n) is 2.59. The van der Waals surface area contributed by atoms with Gasteiger partial charge in [-0.1, -0.05) is 0 Å². The Morgan fingerprint density at radius 3 is 1.31 bits per heavy atom. The molecule has 236 valence electrons.